The first-order valence-electron chi connectivity index (χ1n) is 5.71. The van der Waals surface area contributed by atoms with Gasteiger partial charge in [0.25, 0.3) is 0 Å². The largest absolute Gasteiger partial charge is 0.478 e. The monoisotopic (exact) mass is 303 g/mol. The molecule has 0 heterocycles. The first-order chi connectivity index (χ1) is 8.88. The summed E-state index contributed by atoms with van der Waals surface area (Å²) >= 11 is 1.64. The summed E-state index contributed by atoms with van der Waals surface area (Å²) in [6, 6.07) is 4.10. The Morgan fingerprint density at radius 2 is 2.11 bits per heavy atom. The number of carbonyl (C=O) groups is 1. The molecule has 0 aliphatic rings. The summed E-state index contributed by atoms with van der Waals surface area (Å²) in [5.41, 5.74) is 0.542. The van der Waals surface area contributed by atoms with Crippen LogP contribution >= 0.6 is 11.8 Å². The fourth-order valence-corrected chi connectivity index (χ4v) is 3.04. The lowest BCUT2D eigenvalue weighted by Gasteiger charge is -2.08. The number of carboxylic acids is 1. The molecule has 1 aromatic carbocycles. The molecule has 7 heteroatoms. The van der Waals surface area contributed by atoms with E-state index in [2.05, 4.69) is 4.72 Å². The van der Waals surface area contributed by atoms with Crippen molar-refractivity contribution in [3.63, 3.8) is 0 Å². The molecule has 1 aromatic rings. The van der Waals surface area contributed by atoms with E-state index in [1.807, 2.05) is 6.26 Å². The number of hydrogen-bond donors (Lipinski definition) is 2. The van der Waals surface area contributed by atoms with Crippen LogP contribution in [-0.4, -0.2) is 38.0 Å². The number of rotatable bonds is 7. The zero-order valence-corrected chi connectivity index (χ0v) is 12.5. The molecule has 0 amide bonds. The van der Waals surface area contributed by atoms with Crippen molar-refractivity contribution < 1.29 is 18.3 Å². The molecule has 0 aliphatic carbocycles. The molecule has 0 saturated heterocycles. The van der Waals surface area contributed by atoms with Gasteiger partial charge in [-0.25, -0.2) is 17.9 Å². The van der Waals surface area contributed by atoms with Gasteiger partial charge in [-0.15, -0.1) is 0 Å². The molecule has 2 N–H and O–H groups in total. The molecule has 0 saturated carbocycles. The van der Waals surface area contributed by atoms with Crippen molar-refractivity contribution in [3.05, 3.63) is 29.3 Å². The highest BCUT2D eigenvalue weighted by Crippen LogP contribution is 2.15. The van der Waals surface area contributed by atoms with Crippen LogP contribution in [0.4, 0.5) is 0 Å². The molecule has 0 atom stereocenters. The van der Waals surface area contributed by atoms with E-state index >= 15 is 0 Å². The maximum absolute atomic E-state index is 12.0. The van der Waals surface area contributed by atoms with E-state index in [4.69, 9.17) is 5.11 Å². The van der Waals surface area contributed by atoms with Gasteiger partial charge in [0.15, 0.2) is 0 Å². The molecule has 1 rings (SSSR count). The van der Waals surface area contributed by atoms with Crippen LogP contribution in [0.1, 0.15) is 22.3 Å². The SMILES string of the molecule is CSCCCNS(=O)(=O)c1ccc(C)c(C(=O)O)c1. The minimum absolute atomic E-state index is 0.00647. The van der Waals surface area contributed by atoms with Gasteiger partial charge in [0.05, 0.1) is 10.5 Å². The van der Waals surface area contributed by atoms with Crippen molar-refractivity contribution in [2.75, 3.05) is 18.6 Å². The van der Waals surface area contributed by atoms with E-state index in [1.165, 1.54) is 18.2 Å². The maximum Gasteiger partial charge on any atom is 0.335 e. The Morgan fingerprint density at radius 1 is 1.42 bits per heavy atom. The summed E-state index contributed by atoms with van der Waals surface area (Å²) in [5.74, 6) is -0.256. The third kappa shape index (κ3) is 4.52. The summed E-state index contributed by atoms with van der Waals surface area (Å²) in [6.45, 7) is 1.98. The van der Waals surface area contributed by atoms with E-state index in [1.54, 1.807) is 18.7 Å². The van der Waals surface area contributed by atoms with Crippen molar-refractivity contribution in [3.8, 4) is 0 Å². The summed E-state index contributed by atoms with van der Waals surface area (Å²) in [4.78, 5) is 11.0. The fraction of sp³-hybridized carbons (Fsp3) is 0.417. The fourth-order valence-electron chi connectivity index (χ4n) is 1.51. The first kappa shape index (κ1) is 16.0. The topological polar surface area (TPSA) is 83.5 Å². The molecule has 106 valence electrons. The van der Waals surface area contributed by atoms with Crippen LogP contribution in [0.5, 0.6) is 0 Å². The van der Waals surface area contributed by atoms with Crippen LogP contribution < -0.4 is 4.72 Å². The number of thioether (sulfide) groups is 1. The highest BCUT2D eigenvalue weighted by atomic mass is 32.2. The second-order valence-electron chi connectivity index (χ2n) is 4.03. The van der Waals surface area contributed by atoms with Gasteiger partial charge in [0.1, 0.15) is 0 Å². The van der Waals surface area contributed by atoms with Gasteiger partial charge in [-0.1, -0.05) is 6.07 Å². The molecule has 0 fully saturated rings. The summed E-state index contributed by atoms with van der Waals surface area (Å²) in [7, 11) is -3.64. The predicted octanol–water partition coefficient (Wildman–Crippen LogP) is 1.72. The lowest BCUT2D eigenvalue weighted by atomic mass is 10.1. The third-order valence-electron chi connectivity index (χ3n) is 2.57. The van der Waals surface area contributed by atoms with Crippen LogP contribution in [-0.2, 0) is 10.0 Å². The second-order valence-corrected chi connectivity index (χ2v) is 6.78. The van der Waals surface area contributed by atoms with Crippen molar-refractivity contribution in [2.24, 2.45) is 0 Å². The number of benzene rings is 1. The highest BCUT2D eigenvalue weighted by Gasteiger charge is 2.17. The van der Waals surface area contributed by atoms with E-state index in [0.717, 1.165) is 12.2 Å². The average Bonchev–Trinajstić information content (AvgIpc) is 2.34. The standard InChI is InChI=1S/C12H17NO4S2/c1-9-4-5-10(8-11(9)12(14)15)19(16,17)13-6-3-7-18-2/h4-5,8,13H,3,6-7H2,1-2H3,(H,14,15). The molecule has 0 spiro atoms. The molecule has 19 heavy (non-hydrogen) atoms. The highest BCUT2D eigenvalue weighted by molar-refractivity contribution is 7.98. The van der Waals surface area contributed by atoms with Crippen molar-refractivity contribution in [1.29, 1.82) is 0 Å². The van der Waals surface area contributed by atoms with Crippen LogP contribution in [0.3, 0.4) is 0 Å². The zero-order chi connectivity index (χ0) is 14.5. The Bertz CT molecular complexity index is 555. The molecule has 0 unspecified atom stereocenters. The van der Waals surface area contributed by atoms with Gasteiger partial charge < -0.3 is 5.11 Å². The molecule has 0 aromatic heterocycles. The van der Waals surface area contributed by atoms with Crippen LogP contribution in [0.15, 0.2) is 23.1 Å². The Balaban J connectivity index is 2.89. The number of carboxylic acid groups (broad SMARTS) is 1. The number of nitrogens with one attached hydrogen (secondary N) is 1. The van der Waals surface area contributed by atoms with Gasteiger partial charge in [0, 0.05) is 6.54 Å². The lowest BCUT2D eigenvalue weighted by molar-refractivity contribution is 0.0696. The maximum atomic E-state index is 12.0. The van der Waals surface area contributed by atoms with Gasteiger partial charge >= 0.3 is 5.97 Å². The second kappa shape index (κ2) is 6.93. The zero-order valence-electron chi connectivity index (χ0n) is 10.8. The number of hydrogen-bond acceptors (Lipinski definition) is 4. The van der Waals surface area contributed by atoms with Crippen LogP contribution in [0.25, 0.3) is 0 Å². The summed E-state index contributed by atoms with van der Waals surface area (Å²) < 4.78 is 26.4. The van der Waals surface area contributed by atoms with Gasteiger partial charge in [-0.3, -0.25) is 0 Å². The molecular formula is C12H17NO4S2. The lowest BCUT2D eigenvalue weighted by Crippen LogP contribution is -2.25. The smallest absolute Gasteiger partial charge is 0.335 e. The molecule has 5 nitrogen and oxygen atoms in total. The van der Waals surface area contributed by atoms with E-state index in [0.29, 0.717) is 12.1 Å². The van der Waals surface area contributed by atoms with Gasteiger partial charge in [-0.05, 0) is 43.0 Å². The van der Waals surface area contributed by atoms with Crippen molar-refractivity contribution >= 4 is 27.8 Å². The third-order valence-corrected chi connectivity index (χ3v) is 4.72. The van der Waals surface area contributed by atoms with E-state index < -0.39 is 16.0 Å². The normalized spacial score (nSPS) is 11.5. The Labute approximate surface area is 117 Å². The predicted molar refractivity (Wildman–Crippen MR) is 76.3 cm³/mol. The molecule has 0 bridgehead atoms. The average molecular weight is 303 g/mol. The molecule has 0 radical (unpaired) electrons. The number of aromatic carboxylic acids is 1. The molecular weight excluding hydrogens is 286 g/mol. The number of sulfonamides is 1. The Hall–Kier alpha value is -1.05. The van der Waals surface area contributed by atoms with Gasteiger partial charge in [0.2, 0.25) is 10.0 Å². The Morgan fingerprint density at radius 3 is 2.68 bits per heavy atom. The van der Waals surface area contributed by atoms with Crippen LogP contribution in [0, 0.1) is 6.92 Å². The van der Waals surface area contributed by atoms with E-state index in [-0.39, 0.29) is 10.5 Å². The van der Waals surface area contributed by atoms with E-state index in [9.17, 15) is 13.2 Å². The van der Waals surface area contributed by atoms with Gasteiger partial charge in [-0.2, -0.15) is 11.8 Å². The minimum atomic E-state index is -3.64. The number of aryl methyl sites for hydroxylation is 1. The van der Waals surface area contributed by atoms with Crippen LogP contribution in [0.2, 0.25) is 0 Å². The first-order valence-corrected chi connectivity index (χ1v) is 8.58. The van der Waals surface area contributed by atoms with Crippen molar-refractivity contribution in [2.45, 2.75) is 18.2 Å². The Kier molecular flexibility index (Phi) is 5.84. The molecule has 0 aliphatic heterocycles. The minimum Gasteiger partial charge on any atom is -0.478 e. The summed E-state index contributed by atoms with van der Waals surface area (Å²) in [5, 5.41) is 8.98. The quantitative estimate of drug-likeness (QED) is 0.749. The summed E-state index contributed by atoms with van der Waals surface area (Å²) in [6.07, 6.45) is 2.69. The van der Waals surface area contributed by atoms with Crippen molar-refractivity contribution in [1.82, 2.24) is 4.72 Å².